The van der Waals surface area contributed by atoms with Gasteiger partial charge in [-0.25, -0.2) is 0 Å². The van der Waals surface area contributed by atoms with Crippen LogP contribution >= 0.6 is 0 Å². The van der Waals surface area contributed by atoms with E-state index in [1.807, 2.05) is 72.5 Å². The van der Waals surface area contributed by atoms with Crippen LogP contribution in [0.15, 0.2) is 84.5 Å². The number of aliphatic hydroxyl groups is 1. The molecule has 0 heterocycles. The lowest BCUT2D eigenvalue weighted by atomic mass is 9.64. The smallest absolute Gasteiger partial charge is 0.249 e. The Labute approximate surface area is 227 Å². The van der Waals surface area contributed by atoms with Crippen molar-refractivity contribution in [2.75, 3.05) is 19.6 Å². The van der Waals surface area contributed by atoms with Crippen LogP contribution in [0.3, 0.4) is 0 Å². The maximum Gasteiger partial charge on any atom is 0.249 e. The molecule has 0 fully saturated rings. The van der Waals surface area contributed by atoms with Gasteiger partial charge in [0.25, 0.3) is 0 Å². The van der Waals surface area contributed by atoms with Crippen LogP contribution in [-0.2, 0) is 16.0 Å². The zero-order valence-corrected chi connectivity index (χ0v) is 23.0. The third-order valence-corrected chi connectivity index (χ3v) is 7.54. The van der Waals surface area contributed by atoms with Crippen LogP contribution in [0.25, 0.3) is 0 Å². The van der Waals surface area contributed by atoms with E-state index in [-0.39, 0.29) is 24.9 Å². The molecule has 0 saturated heterocycles. The molecular weight excluding hydrogens is 474 g/mol. The molecule has 0 bridgehead atoms. The standard InChI is InChI=1S/C32H43N3O3/c1-4-19-35(20-5-2)30(37)27-17-12-18-32(22-27,31(33)38)28(21-25-13-8-6-9-14-25)29(36)23-34-24(3)26-15-10-7-11-16-26/h6-18,24,28-29,34,36H,4-5,19-23H2,1-3H3,(H2,33,38)/t24-,28+,29-,32?/m0/s1. The van der Waals surface area contributed by atoms with E-state index in [1.54, 1.807) is 18.2 Å². The van der Waals surface area contributed by atoms with Gasteiger partial charge in [-0.2, -0.15) is 0 Å². The normalized spacial score (nSPS) is 19.3. The van der Waals surface area contributed by atoms with Crippen molar-refractivity contribution in [2.24, 2.45) is 17.1 Å². The van der Waals surface area contributed by atoms with Gasteiger partial charge in [0.1, 0.15) is 0 Å². The minimum atomic E-state index is -1.20. The van der Waals surface area contributed by atoms with Gasteiger partial charge in [0.05, 0.1) is 11.5 Å². The quantitative estimate of drug-likeness (QED) is 0.342. The third-order valence-electron chi connectivity index (χ3n) is 7.54. The molecule has 1 unspecified atom stereocenters. The van der Waals surface area contributed by atoms with Gasteiger partial charge >= 0.3 is 0 Å². The highest BCUT2D eigenvalue weighted by Gasteiger charge is 2.47. The van der Waals surface area contributed by atoms with Crippen molar-refractivity contribution < 1.29 is 14.7 Å². The number of allylic oxidation sites excluding steroid dienone is 2. The number of nitrogens with zero attached hydrogens (tertiary/aromatic N) is 1. The van der Waals surface area contributed by atoms with Crippen molar-refractivity contribution in [2.45, 2.75) is 58.6 Å². The molecular formula is C32H43N3O3. The van der Waals surface area contributed by atoms with E-state index >= 15 is 0 Å². The van der Waals surface area contributed by atoms with Crippen molar-refractivity contribution in [3.63, 3.8) is 0 Å². The van der Waals surface area contributed by atoms with Crippen molar-refractivity contribution in [3.05, 3.63) is 95.6 Å². The fourth-order valence-electron chi connectivity index (χ4n) is 5.41. The number of nitrogens with one attached hydrogen (secondary N) is 1. The summed E-state index contributed by atoms with van der Waals surface area (Å²) in [4.78, 5) is 28.6. The third kappa shape index (κ3) is 7.21. The molecule has 0 aliphatic heterocycles. The number of hydrogen-bond acceptors (Lipinski definition) is 4. The highest BCUT2D eigenvalue weighted by Crippen LogP contribution is 2.43. The van der Waals surface area contributed by atoms with E-state index in [1.165, 1.54) is 0 Å². The van der Waals surface area contributed by atoms with E-state index in [2.05, 4.69) is 19.2 Å². The summed E-state index contributed by atoms with van der Waals surface area (Å²) in [6, 6.07) is 19.9. The predicted molar refractivity (Wildman–Crippen MR) is 153 cm³/mol. The molecule has 2 amide bonds. The summed E-state index contributed by atoms with van der Waals surface area (Å²) in [5, 5.41) is 15.0. The van der Waals surface area contributed by atoms with Crippen LogP contribution in [0.4, 0.5) is 0 Å². The minimum Gasteiger partial charge on any atom is -0.391 e. The Kier molecular flexibility index (Phi) is 10.9. The molecule has 3 rings (SSSR count). The van der Waals surface area contributed by atoms with E-state index in [0.29, 0.717) is 25.1 Å². The number of primary amides is 1. The maximum atomic E-state index is 13.5. The molecule has 4 atom stereocenters. The Morgan fingerprint density at radius 2 is 1.63 bits per heavy atom. The Morgan fingerprint density at radius 3 is 2.21 bits per heavy atom. The number of rotatable bonds is 14. The Hall–Kier alpha value is -3.22. The van der Waals surface area contributed by atoms with E-state index in [0.717, 1.165) is 24.0 Å². The number of benzene rings is 2. The number of hydrogen-bond donors (Lipinski definition) is 3. The highest BCUT2D eigenvalue weighted by molar-refractivity contribution is 5.96. The first-order chi connectivity index (χ1) is 18.3. The summed E-state index contributed by atoms with van der Waals surface area (Å²) in [6.45, 7) is 7.75. The van der Waals surface area contributed by atoms with Gasteiger partial charge in [-0.3, -0.25) is 9.59 Å². The molecule has 38 heavy (non-hydrogen) atoms. The summed E-state index contributed by atoms with van der Waals surface area (Å²) < 4.78 is 0. The van der Waals surface area contributed by atoms with Crippen LogP contribution in [0.2, 0.25) is 0 Å². The molecule has 204 valence electrons. The van der Waals surface area contributed by atoms with Gasteiger partial charge in [0.2, 0.25) is 11.8 Å². The summed E-state index contributed by atoms with van der Waals surface area (Å²) in [5.74, 6) is -1.12. The highest BCUT2D eigenvalue weighted by atomic mass is 16.3. The molecule has 0 saturated carbocycles. The van der Waals surface area contributed by atoms with Gasteiger partial charge in [-0.05, 0) is 43.7 Å². The van der Waals surface area contributed by atoms with Crippen molar-refractivity contribution in [1.82, 2.24) is 10.2 Å². The summed E-state index contributed by atoms with van der Waals surface area (Å²) in [7, 11) is 0. The fourth-order valence-corrected chi connectivity index (χ4v) is 5.41. The van der Waals surface area contributed by atoms with Gasteiger partial charge < -0.3 is 21.1 Å². The lowest BCUT2D eigenvalue weighted by Crippen LogP contribution is -2.51. The summed E-state index contributed by atoms with van der Waals surface area (Å²) in [5.41, 5.74) is 7.60. The van der Waals surface area contributed by atoms with Crippen LogP contribution in [-0.4, -0.2) is 47.6 Å². The van der Waals surface area contributed by atoms with Crippen molar-refractivity contribution in [3.8, 4) is 0 Å². The molecule has 4 N–H and O–H groups in total. The molecule has 0 spiro atoms. The van der Waals surface area contributed by atoms with Gasteiger partial charge in [-0.15, -0.1) is 0 Å². The average molecular weight is 518 g/mol. The lowest BCUT2D eigenvalue weighted by molar-refractivity contribution is -0.132. The number of carbonyl (C=O) groups is 2. The first-order valence-corrected chi connectivity index (χ1v) is 13.8. The zero-order valence-electron chi connectivity index (χ0n) is 23.0. The van der Waals surface area contributed by atoms with E-state index in [4.69, 9.17) is 5.73 Å². The Morgan fingerprint density at radius 1 is 1.03 bits per heavy atom. The SMILES string of the molecule is CCCN(CCC)C(=O)C1=CC=CC(C(N)=O)([C@H](Cc2ccccc2)[C@@H](O)CN[C@@H](C)c2ccccc2)C1. The Balaban J connectivity index is 1.90. The van der Waals surface area contributed by atoms with Crippen LogP contribution in [0, 0.1) is 11.3 Å². The van der Waals surface area contributed by atoms with Gasteiger partial charge in [-0.1, -0.05) is 92.7 Å². The second-order valence-corrected chi connectivity index (χ2v) is 10.3. The number of nitrogens with two attached hydrogens (primary N) is 1. The second kappa shape index (κ2) is 14.1. The van der Waals surface area contributed by atoms with Crippen LogP contribution in [0.1, 0.15) is 57.2 Å². The average Bonchev–Trinajstić information content (AvgIpc) is 2.95. The predicted octanol–water partition coefficient (Wildman–Crippen LogP) is 4.56. The second-order valence-electron chi connectivity index (χ2n) is 10.3. The van der Waals surface area contributed by atoms with Crippen molar-refractivity contribution in [1.29, 1.82) is 0 Å². The molecule has 0 aromatic heterocycles. The minimum absolute atomic E-state index is 0.0170. The topological polar surface area (TPSA) is 95.7 Å². The zero-order chi connectivity index (χ0) is 27.5. The first-order valence-electron chi connectivity index (χ1n) is 13.8. The molecule has 6 heteroatoms. The lowest BCUT2D eigenvalue weighted by Gasteiger charge is -2.41. The number of aliphatic hydroxyl groups excluding tert-OH is 1. The fraction of sp³-hybridized carbons (Fsp3) is 0.438. The summed E-state index contributed by atoms with van der Waals surface area (Å²) in [6.07, 6.45) is 6.82. The largest absolute Gasteiger partial charge is 0.391 e. The number of carbonyl (C=O) groups excluding carboxylic acids is 2. The molecule has 6 nitrogen and oxygen atoms in total. The van der Waals surface area contributed by atoms with E-state index in [9.17, 15) is 14.7 Å². The molecule has 2 aromatic rings. The molecule has 1 aliphatic rings. The first kappa shape index (κ1) is 29.3. The maximum absolute atomic E-state index is 13.5. The van der Waals surface area contributed by atoms with Crippen LogP contribution < -0.4 is 11.1 Å². The van der Waals surface area contributed by atoms with Crippen molar-refractivity contribution >= 4 is 11.8 Å². The van der Waals surface area contributed by atoms with Gasteiger partial charge in [0, 0.05) is 37.2 Å². The monoisotopic (exact) mass is 517 g/mol. The molecule has 0 radical (unpaired) electrons. The molecule has 1 aliphatic carbocycles. The summed E-state index contributed by atoms with van der Waals surface area (Å²) >= 11 is 0. The number of amides is 2. The Bertz CT molecular complexity index is 1090. The van der Waals surface area contributed by atoms with E-state index < -0.39 is 23.3 Å². The van der Waals surface area contributed by atoms with Gasteiger partial charge in [0.15, 0.2) is 0 Å². The molecule has 2 aromatic carbocycles. The van der Waals surface area contributed by atoms with Crippen LogP contribution in [0.5, 0.6) is 0 Å².